The molecule has 0 aliphatic heterocycles. The van der Waals surface area contributed by atoms with Gasteiger partial charge in [-0.15, -0.1) is 0 Å². The summed E-state index contributed by atoms with van der Waals surface area (Å²) in [6, 6.07) is 1.97. The first-order chi connectivity index (χ1) is 7.06. The van der Waals surface area contributed by atoms with Gasteiger partial charge in [0.1, 0.15) is 5.92 Å². The van der Waals surface area contributed by atoms with E-state index in [0.29, 0.717) is 6.42 Å². The van der Waals surface area contributed by atoms with Crippen molar-refractivity contribution in [1.82, 2.24) is 5.32 Å². The molecule has 0 fully saturated rings. The standard InChI is InChI=1S/C11H20N2O2/c1-4-9(5-6-14)13-11(15)10(7-12)8(2)3/h8-10,14H,4-6H2,1-3H3,(H,13,15). The van der Waals surface area contributed by atoms with Crippen LogP contribution in [0.1, 0.15) is 33.6 Å². The van der Waals surface area contributed by atoms with Crippen LogP contribution in [-0.2, 0) is 4.79 Å². The lowest BCUT2D eigenvalue weighted by Gasteiger charge is -2.19. The third kappa shape index (κ3) is 4.80. The summed E-state index contributed by atoms with van der Waals surface area (Å²) in [5.74, 6) is -0.813. The molecule has 15 heavy (non-hydrogen) atoms. The average Bonchev–Trinajstić information content (AvgIpc) is 2.17. The van der Waals surface area contributed by atoms with Gasteiger partial charge in [0.2, 0.25) is 5.91 Å². The summed E-state index contributed by atoms with van der Waals surface area (Å²) >= 11 is 0. The Morgan fingerprint density at radius 2 is 2.13 bits per heavy atom. The molecule has 0 aliphatic rings. The lowest BCUT2D eigenvalue weighted by Crippen LogP contribution is -2.40. The first-order valence-electron chi connectivity index (χ1n) is 5.37. The van der Waals surface area contributed by atoms with E-state index >= 15 is 0 Å². The average molecular weight is 212 g/mol. The van der Waals surface area contributed by atoms with Crippen molar-refractivity contribution >= 4 is 5.91 Å². The molecule has 0 aromatic carbocycles. The van der Waals surface area contributed by atoms with Crippen molar-refractivity contribution in [1.29, 1.82) is 5.26 Å². The molecule has 0 aliphatic carbocycles. The molecule has 0 saturated carbocycles. The molecule has 0 spiro atoms. The van der Waals surface area contributed by atoms with Gasteiger partial charge in [-0.1, -0.05) is 20.8 Å². The van der Waals surface area contributed by atoms with E-state index < -0.39 is 5.92 Å². The minimum atomic E-state index is -0.599. The quantitative estimate of drug-likeness (QED) is 0.691. The minimum Gasteiger partial charge on any atom is -0.396 e. The molecule has 4 nitrogen and oxygen atoms in total. The molecule has 1 amide bonds. The van der Waals surface area contributed by atoms with Crippen LogP contribution in [0, 0.1) is 23.2 Å². The molecule has 0 bridgehead atoms. The Kier molecular flexibility index (Phi) is 6.72. The van der Waals surface area contributed by atoms with Crippen molar-refractivity contribution in [3.8, 4) is 6.07 Å². The van der Waals surface area contributed by atoms with Crippen LogP contribution in [0.5, 0.6) is 0 Å². The van der Waals surface area contributed by atoms with Gasteiger partial charge in [-0.25, -0.2) is 0 Å². The predicted octanol–water partition coefficient (Wildman–Crippen LogP) is 1.06. The predicted molar refractivity (Wildman–Crippen MR) is 57.9 cm³/mol. The van der Waals surface area contributed by atoms with E-state index in [2.05, 4.69) is 5.32 Å². The molecule has 0 saturated heterocycles. The summed E-state index contributed by atoms with van der Waals surface area (Å²) in [6.45, 7) is 5.69. The fraction of sp³-hybridized carbons (Fsp3) is 0.818. The molecule has 86 valence electrons. The lowest BCUT2D eigenvalue weighted by molar-refractivity contribution is -0.125. The zero-order valence-electron chi connectivity index (χ0n) is 9.66. The molecule has 4 heteroatoms. The van der Waals surface area contributed by atoms with Crippen LogP contribution in [-0.4, -0.2) is 23.7 Å². The van der Waals surface area contributed by atoms with Crippen LogP contribution >= 0.6 is 0 Å². The second-order valence-corrected chi connectivity index (χ2v) is 3.98. The molecule has 2 atom stereocenters. The van der Waals surface area contributed by atoms with Gasteiger partial charge in [-0.05, 0) is 18.8 Å². The van der Waals surface area contributed by atoms with Gasteiger partial charge < -0.3 is 10.4 Å². The monoisotopic (exact) mass is 212 g/mol. The van der Waals surface area contributed by atoms with Crippen LogP contribution < -0.4 is 5.32 Å². The summed E-state index contributed by atoms with van der Waals surface area (Å²) in [5, 5.41) is 20.4. The summed E-state index contributed by atoms with van der Waals surface area (Å²) in [4.78, 5) is 11.6. The van der Waals surface area contributed by atoms with Crippen LogP contribution in [0.3, 0.4) is 0 Å². The van der Waals surface area contributed by atoms with E-state index in [9.17, 15) is 4.79 Å². The Labute approximate surface area is 91.3 Å². The Morgan fingerprint density at radius 3 is 2.47 bits per heavy atom. The van der Waals surface area contributed by atoms with Crippen molar-refractivity contribution in [3.05, 3.63) is 0 Å². The lowest BCUT2D eigenvalue weighted by atomic mass is 9.96. The first kappa shape index (κ1) is 13.9. The van der Waals surface area contributed by atoms with Crippen molar-refractivity contribution in [2.45, 2.75) is 39.7 Å². The van der Waals surface area contributed by atoms with E-state index in [0.717, 1.165) is 6.42 Å². The molecule has 0 radical (unpaired) electrons. The highest BCUT2D eigenvalue weighted by atomic mass is 16.3. The number of aliphatic hydroxyl groups is 1. The van der Waals surface area contributed by atoms with E-state index in [1.165, 1.54) is 0 Å². The molecule has 0 heterocycles. The molecule has 2 N–H and O–H groups in total. The molecule has 0 rings (SSSR count). The van der Waals surface area contributed by atoms with E-state index in [1.807, 2.05) is 26.8 Å². The molecule has 0 aromatic rings. The highest BCUT2D eigenvalue weighted by Crippen LogP contribution is 2.10. The number of rotatable bonds is 6. The zero-order valence-corrected chi connectivity index (χ0v) is 9.66. The summed E-state index contributed by atoms with van der Waals surface area (Å²) in [7, 11) is 0. The van der Waals surface area contributed by atoms with Crippen molar-refractivity contribution < 1.29 is 9.90 Å². The fourth-order valence-corrected chi connectivity index (χ4v) is 1.34. The molecular weight excluding hydrogens is 192 g/mol. The summed E-state index contributed by atoms with van der Waals surface area (Å²) < 4.78 is 0. The Hall–Kier alpha value is -1.08. The number of aliphatic hydroxyl groups excluding tert-OH is 1. The molecule has 0 aromatic heterocycles. The van der Waals surface area contributed by atoms with Gasteiger partial charge in [0.25, 0.3) is 0 Å². The third-order valence-corrected chi connectivity index (χ3v) is 2.40. The summed E-state index contributed by atoms with van der Waals surface area (Å²) in [6.07, 6.45) is 1.31. The minimum absolute atomic E-state index is 0.0154. The largest absolute Gasteiger partial charge is 0.396 e. The van der Waals surface area contributed by atoms with Crippen molar-refractivity contribution in [2.24, 2.45) is 11.8 Å². The SMILES string of the molecule is CCC(CCO)NC(=O)C(C#N)C(C)C. The van der Waals surface area contributed by atoms with Crippen LogP contribution in [0.25, 0.3) is 0 Å². The maximum absolute atomic E-state index is 11.6. The van der Waals surface area contributed by atoms with Crippen LogP contribution in [0.2, 0.25) is 0 Å². The smallest absolute Gasteiger partial charge is 0.237 e. The number of hydrogen-bond donors (Lipinski definition) is 2. The fourth-order valence-electron chi connectivity index (χ4n) is 1.34. The number of amides is 1. The number of nitrogens with zero attached hydrogens (tertiary/aromatic N) is 1. The van der Waals surface area contributed by atoms with E-state index in [1.54, 1.807) is 0 Å². The normalized spacial score (nSPS) is 14.4. The van der Waals surface area contributed by atoms with Crippen molar-refractivity contribution in [2.75, 3.05) is 6.61 Å². The second-order valence-electron chi connectivity index (χ2n) is 3.98. The van der Waals surface area contributed by atoms with Gasteiger partial charge in [-0.2, -0.15) is 5.26 Å². The number of nitrogens with one attached hydrogen (secondary N) is 1. The Bertz CT molecular complexity index is 233. The zero-order chi connectivity index (χ0) is 11.8. The highest BCUT2D eigenvalue weighted by Gasteiger charge is 2.23. The highest BCUT2D eigenvalue weighted by molar-refractivity contribution is 5.81. The van der Waals surface area contributed by atoms with Gasteiger partial charge in [-0.3, -0.25) is 4.79 Å². The Balaban J connectivity index is 4.26. The first-order valence-corrected chi connectivity index (χ1v) is 5.37. The number of nitriles is 1. The number of carbonyl (C=O) groups excluding carboxylic acids is 1. The van der Waals surface area contributed by atoms with E-state index in [-0.39, 0.29) is 24.5 Å². The number of hydrogen-bond acceptors (Lipinski definition) is 3. The van der Waals surface area contributed by atoms with Gasteiger partial charge in [0.15, 0.2) is 0 Å². The van der Waals surface area contributed by atoms with Gasteiger partial charge in [0, 0.05) is 12.6 Å². The van der Waals surface area contributed by atoms with Crippen LogP contribution in [0.15, 0.2) is 0 Å². The topological polar surface area (TPSA) is 73.1 Å². The summed E-state index contributed by atoms with van der Waals surface area (Å²) in [5.41, 5.74) is 0. The van der Waals surface area contributed by atoms with Crippen molar-refractivity contribution in [3.63, 3.8) is 0 Å². The van der Waals surface area contributed by atoms with E-state index in [4.69, 9.17) is 10.4 Å². The third-order valence-electron chi connectivity index (χ3n) is 2.40. The van der Waals surface area contributed by atoms with Crippen LogP contribution in [0.4, 0.5) is 0 Å². The number of carbonyl (C=O) groups is 1. The maximum atomic E-state index is 11.6. The van der Waals surface area contributed by atoms with Gasteiger partial charge >= 0.3 is 0 Å². The molecular formula is C11H20N2O2. The van der Waals surface area contributed by atoms with Gasteiger partial charge in [0.05, 0.1) is 6.07 Å². The maximum Gasteiger partial charge on any atom is 0.237 e. The Morgan fingerprint density at radius 1 is 1.53 bits per heavy atom. The molecule has 2 unspecified atom stereocenters. The second kappa shape index (κ2) is 7.24.